The Kier molecular flexibility index (Phi) is 3.34. The number of nitrogens with zero attached hydrogens (tertiary/aromatic N) is 2. The highest BCUT2D eigenvalue weighted by Gasteiger charge is 2.16. The SMILES string of the molecule is CC(C)c1c(Cl)[nH]c(=O)n(-c2cccnc2)c1=O. The third kappa shape index (κ3) is 2.09. The quantitative estimate of drug-likeness (QED) is 0.841. The Labute approximate surface area is 108 Å². The molecule has 0 aromatic carbocycles. The Morgan fingerprint density at radius 2 is 2.11 bits per heavy atom. The number of rotatable bonds is 2. The van der Waals surface area contributed by atoms with Gasteiger partial charge in [-0.05, 0) is 18.1 Å². The van der Waals surface area contributed by atoms with Crippen molar-refractivity contribution in [1.29, 1.82) is 0 Å². The van der Waals surface area contributed by atoms with E-state index in [1.807, 2.05) is 13.8 Å². The third-order valence-electron chi connectivity index (χ3n) is 2.57. The van der Waals surface area contributed by atoms with E-state index in [1.54, 1.807) is 18.3 Å². The first-order valence-electron chi connectivity index (χ1n) is 5.47. The van der Waals surface area contributed by atoms with Crippen molar-refractivity contribution in [3.8, 4) is 5.69 Å². The van der Waals surface area contributed by atoms with Gasteiger partial charge in [-0.1, -0.05) is 25.4 Å². The van der Waals surface area contributed by atoms with Crippen LogP contribution in [0.1, 0.15) is 25.3 Å². The van der Waals surface area contributed by atoms with Gasteiger partial charge in [0.2, 0.25) is 0 Å². The fourth-order valence-corrected chi connectivity index (χ4v) is 2.12. The maximum Gasteiger partial charge on any atom is 0.334 e. The molecule has 0 aliphatic heterocycles. The van der Waals surface area contributed by atoms with Crippen molar-refractivity contribution >= 4 is 11.6 Å². The third-order valence-corrected chi connectivity index (χ3v) is 2.87. The van der Waals surface area contributed by atoms with Gasteiger partial charge in [-0.3, -0.25) is 14.8 Å². The van der Waals surface area contributed by atoms with Crippen LogP contribution in [-0.2, 0) is 0 Å². The van der Waals surface area contributed by atoms with Gasteiger partial charge in [0.1, 0.15) is 5.15 Å². The summed E-state index contributed by atoms with van der Waals surface area (Å²) in [5.74, 6) is -0.0789. The number of H-pyrrole nitrogens is 1. The molecule has 0 unspecified atom stereocenters. The second-order valence-electron chi connectivity index (χ2n) is 4.16. The Morgan fingerprint density at radius 1 is 1.39 bits per heavy atom. The molecule has 0 radical (unpaired) electrons. The van der Waals surface area contributed by atoms with E-state index >= 15 is 0 Å². The Morgan fingerprint density at radius 3 is 2.67 bits per heavy atom. The summed E-state index contributed by atoms with van der Waals surface area (Å²) >= 11 is 5.90. The predicted molar refractivity (Wildman–Crippen MR) is 69.6 cm³/mol. The summed E-state index contributed by atoms with van der Waals surface area (Å²) in [6.07, 6.45) is 3.02. The minimum Gasteiger partial charge on any atom is -0.297 e. The van der Waals surface area contributed by atoms with E-state index in [4.69, 9.17) is 11.6 Å². The van der Waals surface area contributed by atoms with Gasteiger partial charge >= 0.3 is 5.69 Å². The van der Waals surface area contributed by atoms with Gasteiger partial charge in [0.25, 0.3) is 5.56 Å². The van der Waals surface area contributed by atoms with Crippen LogP contribution in [0, 0.1) is 0 Å². The molecular weight excluding hydrogens is 254 g/mol. The van der Waals surface area contributed by atoms with E-state index in [0.717, 1.165) is 4.57 Å². The molecule has 2 heterocycles. The fraction of sp³-hybridized carbons (Fsp3) is 0.250. The number of hydrogen-bond acceptors (Lipinski definition) is 3. The van der Waals surface area contributed by atoms with Gasteiger partial charge in [-0.15, -0.1) is 0 Å². The summed E-state index contributed by atoms with van der Waals surface area (Å²) in [5, 5.41) is 0.0974. The van der Waals surface area contributed by atoms with Crippen molar-refractivity contribution in [3.63, 3.8) is 0 Å². The first-order chi connectivity index (χ1) is 8.52. The van der Waals surface area contributed by atoms with Crippen LogP contribution in [0.2, 0.25) is 5.15 Å². The highest BCUT2D eigenvalue weighted by Crippen LogP contribution is 2.17. The van der Waals surface area contributed by atoms with Crippen molar-refractivity contribution in [2.75, 3.05) is 0 Å². The summed E-state index contributed by atoms with van der Waals surface area (Å²) in [7, 11) is 0. The van der Waals surface area contributed by atoms with E-state index in [-0.39, 0.29) is 11.1 Å². The minimum absolute atomic E-state index is 0.0789. The minimum atomic E-state index is -0.567. The molecule has 0 aliphatic carbocycles. The summed E-state index contributed by atoms with van der Waals surface area (Å²) < 4.78 is 1.04. The van der Waals surface area contributed by atoms with Crippen LogP contribution < -0.4 is 11.2 Å². The molecule has 5 nitrogen and oxygen atoms in total. The lowest BCUT2D eigenvalue weighted by molar-refractivity contribution is 0.776. The Bertz CT molecular complexity index is 674. The zero-order chi connectivity index (χ0) is 13.3. The first kappa shape index (κ1) is 12.6. The van der Waals surface area contributed by atoms with E-state index in [2.05, 4.69) is 9.97 Å². The highest BCUT2D eigenvalue weighted by atomic mass is 35.5. The standard InChI is InChI=1S/C12H12ClN3O2/c1-7(2)9-10(13)15-12(18)16(11(9)17)8-4-3-5-14-6-8/h3-7H,1-2H3,(H,15,18). The van der Waals surface area contributed by atoms with Crippen LogP contribution in [0.4, 0.5) is 0 Å². The molecule has 0 saturated heterocycles. The number of nitrogens with one attached hydrogen (secondary N) is 1. The van der Waals surface area contributed by atoms with E-state index in [1.165, 1.54) is 6.20 Å². The monoisotopic (exact) mass is 265 g/mol. The lowest BCUT2D eigenvalue weighted by Gasteiger charge is -2.10. The van der Waals surface area contributed by atoms with Crippen molar-refractivity contribution < 1.29 is 0 Å². The van der Waals surface area contributed by atoms with E-state index < -0.39 is 11.2 Å². The van der Waals surface area contributed by atoms with Crippen molar-refractivity contribution in [2.24, 2.45) is 0 Å². The van der Waals surface area contributed by atoms with Gasteiger partial charge in [0, 0.05) is 6.20 Å². The maximum absolute atomic E-state index is 12.3. The topological polar surface area (TPSA) is 67.8 Å². The van der Waals surface area contributed by atoms with Crippen LogP contribution in [-0.4, -0.2) is 14.5 Å². The molecule has 6 heteroatoms. The van der Waals surface area contributed by atoms with E-state index in [0.29, 0.717) is 11.3 Å². The largest absolute Gasteiger partial charge is 0.334 e. The zero-order valence-corrected chi connectivity index (χ0v) is 10.7. The molecular formula is C12H12ClN3O2. The molecule has 18 heavy (non-hydrogen) atoms. The van der Waals surface area contributed by atoms with Gasteiger partial charge < -0.3 is 0 Å². The summed E-state index contributed by atoms with van der Waals surface area (Å²) in [6, 6.07) is 3.30. The molecule has 94 valence electrons. The zero-order valence-electron chi connectivity index (χ0n) is 9.98. The highest BCUT2D eigenvalue weighted by molar-refractivity contribution is 6.30. The molecule has 1 N–H and O–H groups in total. The molecule has 0 atom stereocenters. The lowest BCUT2D eigenvalue weighted by atomic mass is 10.1. The number of halogens is 1. The lowest BCUT2D eigenvalue weighted by Crippen LogP contribution is -2.36. The molecule has 0 amide bonds. The Hall–Kier alpha value is -1.88. The smallest absolute Gasteiger partial charge is 0.297 e. The van der Waals surface area contributed by atoms with Crippen LogP contribution in [0.25, 0.3) is 5.69 Å². The van der Waals surface area contributed by atoms with Gasteiger partial charge in [-0.2, -0.15) is 0 Å². The summed E-state index contributed by atoms with van der Waals surface area (Å²) in [5.41, 5.74) is -0.170. The Balaban J connectivity index is 2.81. The summed E-state index contributed by atoms with van der Waals surface area (Å²) in [6.45, 7) is 3.68. The van der Waals surface area contributed by atoms with Gasteiger partial charge in [-0.25, -0.2) is 9.36 Å². The predicted octanol–water partition coefficient (Wildman–Crippen LogP) is 1.70. The molecule has 0 saturated carbocycles. The van der Waals surface area contributed by atoms with Crippen LogP contribution in [0.5, 0.6) is 0 Å². The second-order valence-corrected chi connectivity index (χ2v) is 4.54. The molecule has 0 bridgehead atoms. The second kappa shape index (κ2) is 4.78. The van der Waals surface area contributed by atoms with Crippen LogP contribution in [0.3, 0.4) is 0 Å². The number of hydrogen-bond donors (Lipinski definition) is 1. The molecule has 2 rings (SSSR count). The maximum atomic E-state index is 12.3. The van der Waals surface area contributed by atoms with Crippen molar-refractivity contribution in [1.82, 2.24) is 14.5 Å². The van der Waals surface area contributed by atoms with Gasteiger partial charge in [0.15, 0.2) is 0 Å². The molecule has 2 aromatic heterocycles. The average Bonchev–Trinajstić information content (AvgIpc) is 2.28. The number of aromatic nitrogens is 3. The molecule has 0 fully saturated rings. The molecule has 0 spiro atoms. The van der Waals surface area contributed by atoms with Gasteiger partial charge in [0.05, 0.1) is 17.4 Å². The summed E-state index contributed by atoms with van der Waals surface area (Å²) in [4.78, 5) is 30.5. The normalized spacial score (nSPS) is 10.9. The van der Waals surface area contributed by atoms with Crippen LogP contribution >= 0.6 is 11.6 Å². The van der Waals surface area contributed by atoms with Crippen molar-refractivity contribution in [2.45, 2.75) is 19.8 Å². The number of aromatic amines is 1. The molecule has 0 aliphatic rings. The number of pyridine rings is 1. The first-order valence-corrected chi connectivity index (χ1v) is 5.85. The van der Waals surface area contributed by atoms with E-state index in [9.17, 15) is 9.59 Å². The van der Waals surface area contributed by atoms with Crippen LogP contribution in [0.15, 0.2) is 34.1 Å². The molecule has 2 aromatic rings. The average molecular weight is 266 g/mol. The fourth-order valence-electron chi connectivity index (χ4n) is 1.74. The van der Waals surface area contributed by atoms with Crippen molar-refractivity contribution in [3.05, 3.63) is 56.1 Å².